The minimum atomic E-state index is -4.36. The summed E-state index contributed by atoms with van der Waals surface area (Å²) in [5.74, 6) is 0.262. The van der Waals surface area contributed by atoms with Crippen molar-refractivity contribution >= 4 is 0 Å². The van der Waals surface area contributed by atoms with Gasteiger partial charge in [0.25, 0.3) is 0 Å². The van der Waals surface area contributed by atoms with Crippen LogP contribution in [0.2, 0.25) is 0 Å². The molecule has 0 amide bonds. The van der Waals surface area contributed by atoms with Crippen LogP contribution < -0.4 is 10.5 Å². The molecule has 0 aromatic heterocycles. The second-order valence-electron chi connectivity index (χ2n) is 5.13. The lowest BCUT2D eigenvalue weighted by Crippen LogP contribution is -2.23. The van der Waals surface area contributed by atoms with E-state index in [4.69, 9.17) is 10.5 Å². The fourth-order valence-corrected chi connectivity index (χ4v) is 2.13. The number of ether oxygens (including phenoxy) is 1. The maximum Gasteiger partial charge on any atom is 0.416 e. The summed E-state index contributed by atoms with van der Waals surface area (Å²) >= 11 is 0. The van der Waals surface area contributed by atoms with Crippen LogP contribution in [0.15, 0.2) is 54.6 Å². The Morgan fingerprint density at radius 1 is 1.00 bits per heavy atom. The monoisotopic (exact) mass is 309 g/mol. The molecule has 1 atom stereocenters. The molecule has 0 aliphatic rings. The average molecular weight is 309 g/mol. The predicted molar refractivity (Wildman–Crippen MR) is 79.6 cm³/mol. The van der Waals surface area contributed by atoms with E-state index in [2.05, 4.69) is 0 Å². The first-order chi connectivity index (χ1) is 10.5. The minimum absolute atomic E-state index is 0.0527. The first-order valence-electron chi connectivity index (χ1n) is 7.03. The number of nitrogens with two attached hydrogens (primary N) is 1. The smallest absolute Gasteiger partial charge is 0.416 e. The van der Waals surface area contributed by atoms with Crippen LogP contribution in [0.5, 0.6) is 5.75 Å². The SMILES string of the molecule is NCC(COc1cccc(C(F)(F)F)c1)Cc1ccccc1. The maximum atomic E-state index is 12.6. The highest BCUT2D eigenvalue weighted by Gasteiger charge is 2.30. The molecule has 0 spiro atoms. The van der Waals surface area contributed by atoms with E-state index in [0.29, 0.717) is 6.54 Å². The van der Waals surface area contributed by atoms with Crippen molar-refractivity contribution < 1.29 is 17.9 Å². The maximum absolute atomic E-state index is 12.6. The zero-order valence-electron chi connectivity index (χ0n) is 12.0. The van der Waals surface area contributed by atoms with E-state index in [0.717, 1.165) is 24.1 Å². The number of benzene rings is 2. The molecule has 1 unspecified atom stereocenters. The Bertz CT molecular complexity index is 584. The topological polar surface area (TPSA) is 35.2 Å². The van der Waals surface area contributed by atoms with Gasteiger partial charge >= 0.3 is 6.18 Å². The second-order valence-corrected chi connectivity index (χ2v) is 5.13. The Balaban J connectivity index is 1.96. The highest BCUT2D eigenvalue weighted by molar-refractivity contribution is 5.30. The van der Waals surface area contributed by atoms with Crippen molar-refractivity contribution in [2.24, 2.45) is 11.7 Å². The molecule has 22 heavy (non-hydrogen) atoms. The van der Waals surface area contributed by atoms with Crippen LogP contribution in [0.3, 0.4) is 0 Å². The molecule has 0 bridgehead atoms. The van der Waals surface area contributed by atoms with Crippen LogP contribution in [0.4, 0.5) is 13.2 Å². The van der Waals surface area contributed by atoms with Crippen molar-refractivity contribution in [2.45, 2.75) is 12.6 Å². The van der Waals surface area contributed by atoms with Crippen molar-refractivity contribution in [3.63, 3.8) is 0 Å². The normalized spacial score (nSPS) is 12.9. The Morgan fingerprint density at radius 3 is 2.36 bits per heavy atom. The van der Waals surface area contributed by atoms with Gasteiger partial charge in [-0.3, -0.25) is 0 Å². The highest BCUT2D eigenvalue weighted by Crippen LogP contribution is 2.31. The predicted octanol–water partition coefficient (Wildman–Crippen LogP) is 3.90. The summed E-state index contributed by atoms with van der Waals surface area (Å²) in [5, 5.41) is 0. The molecule has 2 rings (SSSR count). The van der Waals surface area contributed by atoms with E-state index < -0.39 is 11.7 Å². The molecule has 0 saturated carbocycles. The van der Waals surface area contributed by atoms with Crippen LogP contribution in [-0.4, -0.2) is 13.2 Å². The number of hydrogen-bond donors (Lipinski definition) is 1. The molecule has 5 heteroatoms. The van der Waals surface area contributed by atoms with Crippen LogP contribution >= 0.6 is 0 Å². The third-order valence-corrected chi connectivity index (χ3v) is 3.35. The molecule has 2 nitrogen and oxygen atoms in total. The molecule has 2 aromatic carbocycles. The summed E-state index contributed by atoms with van der Waals surface area (Å²) in [4.78, 5) is 0. The molecular weight excluding hydrogens is 291 g/mol. The largest absolute Gasteiger partial charge is 0.493 e. The van der Waals surface area contributed by atoms with Crippen molar-refractivity contribution in [3.05, 3.63) is 65.7 Å². The van der Waals surface area contributed by atoms with Gasteiger partial charge < -0.3 is 10.5 Å². The van der Waals surface area contributed by atoms with E-state index in [1.807, 2.05) is 30.3 Å². The summed E-state index contributed by atoms with van der Waals surface area (Å²) in [6, 6.07) is 14.7. The third kappa shape index (κ3) is 4.77. The first kappa shape index (κ1) is 16.4. The first-order valence-corrected chi connectivity index (χ1v) is 7.03. The molecular formula is C17H18F3NO. The van der Waals surface area contributed by atoms with Gasteiger partial charge in [-0.2, -0.15) is 13.2 Å². The van der Waals surface area contributed by atoms with E-state index in [1.54, 1.807) is 0 Å². The number of alkyl halides is 3. The van der Waals surface area contributed by atoms with Gasteiger partial charge in [0.15, 0.2) is 0 Å². The lowest BCUT2D eigenvalue weighted by atomic mass is 10.0. The zero-order chi connectivity index (χ0) is 16.0. The van der Waals surface area contributed by atoms with Gasteiger partial charge in [0, 0.05) is 5.92 Å². The Hall–Kier alpha value is -2.01. The molecule has 0 fully saturated rings. The number of rotatable bonds is 6. The minimum Gasteiger partial charge on any atom is -0.493 e. The van der Waals surface area contributed by atoms with E-state index >= 15 is 0 Å². The summed E-state index contributed by atoms with van der Waals surface area (Å²) in [5.41, 5.74) is 6.14. The van der Waals surface area contributed by atoms with Gasteiger partial charge in [-0.1, -0.05) is 36.4 Å². The quantitative estimate of drug-likeness (QED) is 0.878. The third-order valence-electron chi connectivity index (χ3n) is 3.35. The van der Waals surface area contributed by atoms with Gasteiger partial charge in [0.1, 0.15) is 5.75 Å². The average Bonchev–Trinajstić information content (AvgIpc) is 2.52. The van der Waals surface area contributed by atoms with Crippen molar-refractivity contribution in [2.75, 3.05) is 13.2 Å². The number of hydrogen-bond acceptors (Lipinski definition) is 2. The number of halogens is 3. The Morgan fingerprint density at radius 2 is 1.73 bits per heavy atom. The molecule has 0 aliphatic carbocycles. The zero-order valence-corrected chi connectivity index (χ0v) is 12.0. The van der Waals surface area contributed by atoms with Gasteiger partial charge in [-0.15, -0.1) is 0 Å². The van der Waals surface area contributed by atoms with E-state index in [9.17, 15) is 13.2 Å². The lowest BCUT2D eigenvalue weighted by molar-refractivity contribution is -0.137. The van der Waals surface area contributed by atoms with E-state index in [1.165, 1.54) is 12.1 Å². The Kier molecular flexibility index (Phi) is 5.44. The van der Waals surface area contributed by atoms with Gasteiger partial charge in [-0.05, 0) is 36.7 Å². The van der Waals surface area contributed by atoms with Crippen molar-refractivity contribution in [1.29, 1.82) is 0 Å². The fraction of sp³-hybridized carbons (Fsp3) is 0.294. The molecule has 0 aliphatic heterocycles. The van der Waals surface area contributed by atoms with Gasteiger partial charge in [0.05, 0.1) is 12.2 Å². The van der Waals surface area contributed by atoms with Crippen LogP contribution in [0.25, 0.3) is 0 Å². The van der Waals surface area contributed by atoms with Crippen molar-refractivity contribution in [3.8, 4) is 5.75 Å². The summed E-state index contributed by atoms with van der Waals surface area (Å²) in [6.45, 7) is 0.695. The lowest BCUT2D eigenvalue weighted by Gasteiger charge is -2.16. The molecule has 118 valence electrons. The molecule has 2 aromatic rings. The molecule has 2 N–H and O–H groups in total. The summed E-state index contributed by atoms with van der Waals surface area (Å²) in [6.07, 6.45) is -3.63. The standard InChI is InChI=1S/C17H18F3NO/c18-17(19,20)15-7-4-8-16(10-15)22-12-14(11-21)9-13-5-2-1-3-6-13/h1-8,10,14H,9,11-12,21H2. The van der Waals surface area contributed by atoms with Crippen LogP contribution in [0, 0.1) is 5.92 Å². The molecule has 0 heterocycles. The molecule has 0 radical (unpaired) electrons. The summed E-state index contributed by atoms with van der Waals surface area (Å²) in [7, 11) is 0. The molecule has 0 saturated heterocycles. The van der Waals surface area contributed by atoms with Crippen LogP contribution in [0.1, 0.15) is 11.1 Å². The fourth-order valence-electron chi connectivity index (χ4n) is 2.13. The van der Waals surface area contributed by atoms with Crippen LogP contribution in [-0.2, 0) is 12.6 Å². The van der Waals surface area contributed by atoms with E-state index in [-0.39, 0.29) is 18.3 Å². The summed E-state index contributed by atoms with van der Waals surface area (Å²) < 4.78 is 43.4. The Labute approximate surface area is 127 Å². The van der Waals surface area contributed by atoms with Crippen molar-refractivity contribution in [1.82, 2.24) is 0 Å². The van der Waals surface area contributed by atoms with Gasteiger partial charge in [0.2, 0.25) is 0 Å². The second kappa shape index (κ2) is 7.31. The van der Waals surface area contributed by atoms with Gasteiger partial charge in [-0.25, -0.2) is 0 Å². The highest BCUT2D eigenvalue weighted by atomic mass is 19.4.